The molecular formula is C15H11N3O3S. The van der Waals surface area contributed by atoms with E-state index in [1.165, 1.54) is 17.4 Å². The molecule has 0 aliphatic rings. The van der Waals surface area contributed by atoms with Crippen molar-refractivity contribution in [2.45, 2.75) is 6.73 Å². The number of nitrogens with zero attached hydrogens (tertiary/aromatic N) is 3. The fourth-order valence-corrected chi connectivity index (χ4v) is 2.44. The molecule has 0 bridgehead atoms. The molecule has 3 aromatic rings. The Hall–Kier alpha value is -2.80. The lowest BCUT2D eigenvalue weighted by Gasteiger charge is -2.04. The average molecular weight is 313 g/mol. The second-order valence-corrected chi connectivity index (χ2v) is 5.17. The molecular weight excluding hydrogens is 302 g/mol. The molecule has 2 heterocycles. The largest absolute Gasteiger partial charge is 0.439 e. The molecule has 0 aliphatic heterocycles. The van der Waals surface area contributed by atoms with Gasteiger partial charge in [0.1, 0.15) is 5.52 Å². The van der Waals surface area contributed by atoms with E-state index in [-0.39, 0.29) is 12.3 Å². The Morgan fingerprint density at radius 1 is 1.32 bits per heavy atom. The van der Waals surface area contributed by atoms with Crippen LogP contribution in [0.5, 0.6) is 0 Å². The van der Waals surface area contributed by atoms with E-state index in [4.69, 9.17) is 4.74 Å². The summed E-state index contributed by atoms with van der Waals surface area (Å²) < 4.78 is 6.01. The molecule has 0 N–H and O–H groups in total. The first-order chi connectivity index (χ1) is 10.7. The van der Waals surface area contributed by atoms with Gasteiger partial charge in [-0.25, -0.2) is 4.79 Å². The van der Waals surface area contributed by atoms with Crippen LogP contribution in [0.1, 0.15) is 5.56 Å². The maximum Gasteiger partial charge on any atom is 0.332 e. The predicted molar refractivity (Wildman–Crippen MR) is 83.2 cm³/mol. The van der Waals surface area contributed by atoms with Gasteiger partial charge in [0, 0.05) is 6.08 Å². The summed E-state index contributed by atoms with van der Waals surface area (Å²) in [7, 11) is 0. The van der Waals surface area contributed by atoms with Gasteiger partial charge in [0.15, 0.2) is 6.73 Å². The first-order valence-electron chi connectivity index (χ1n) is 6.43. The van der Waals surface area contributed by atoms with Crippen molar-refractivity contribution in [3.63, 3.8) is 0 Å². The zero-order chi connectivity index (χ0) is 15.4. The molecule has 0 saturated heterocycles. The molecule has 22 heavy (non-hydrogen) atoms. The van der Waals surface area contributed by atoms with E-state index in [0.717, 1.165) is 10.2 Å². The molecule has 3 rings (SSSR count). The lowest BCUT2D eigenvalue weighted by atomic mass is 10.2. The Morgan fingerprint density at radius 2 is 2.18 bits per heavy atom. The highest BCUT2D eigenvalue weighted by molar-refractivity contribution is 7.08. The smallest absolute Gasteiger partial charge is 0.332 e. The third-order valence-electron chi connectivity index (χ3n) is 2.91. The van der Waals surface area contributed by atoms with Crippen molar-refractivity contribution in [3.8, 4) is 0 Å². The van der Waals surface area contributed by atoms with Crippen LogP contribution in [-0.2, 0) is 16.3 Å². The number of hydrogen-bond donors (Lipinski definition) is 0. The quantitative estimate of drug-likeness (QED) is 0.544. The average Bonchev–Trinajstić information content (AvgIpc) is 3.06. The van der Waals surface area contributed by atoms with Gasteiger partial charge in [-0.2, -0.15) is 16.0 Å². The predicted octanol–water partition coefficient (Wildman–Crippen LogP) is 2.07. The van der Waals surface area contributed by atoms with Gasteiger partial charge in [0.25, 0.3) is 5.56 Å². The molecule has 0 saturated carbocycles. The third kappa shape index (κ3) is 3.09. The van der Waals surface area contributed by atoms with Crippen molar-refractivity contribution < 1.29 is 9.53 Å². The fraction of sp³-hybridized carbons (Fsp3) is 0.0667. The summed E-state index contributed by atoms with van der Waals surface area (Å²) in [5, 5.41) is 11.9. The van der Waals surface area contributed by atoms with Gasteiger partial charge >= 0.3 is 5.97 Å². The SMILES string of the molecule is O=C(/C=C/c1ccsc1)OCn1nnc2ccccc2c1=O. The van der Waals surface area contributed by atoms with Gasteiger partial charge in [0.05, 0.1) is 5.39 Å². The molecule has 0 fully saturated rings. The van der Waals surface area contributed by atoms with Crippen LogP contribution in [0.25, 0.3) is 17.0 Å². The molecule has 1 aromatic carbocycles. The van der Waals surface area contributed by atoms with Crippen molar-refractivity contribution in [2.75, 3.05) is 0 Å². The normalized spacial score (nSPS) is 11.1. The molecule has 2 aromatic heterocycles. The highest BCUT2D eigenvalue weighted by Crippen LogP contribution is 2.07. The third-order valence-corrected chi connectivity index (χ3v) is 3.61. The van der Waals surface area contributed by atoms with Gasteiger partial charge in [-0.05, 0) is 40.6 Å². The van der Waals surface area contributed by atoms with E-state index in [1.54, 1.807) is 30.3 Å². The summed E-state index contributed by atoms with van der Waals surface area (Å²) in [6.07, 6.45) is 2.95. The lowest BCUT2D eigenvalue weighted by Crippen LogP contribution is -2.26. The minimum atomic E-state index is -0.548. The summed E-state index contributed by atoms with van der Waals surface area (Å²) in [5.41, 5.74) is 1.08. The minimum Gasteiger partial charge on any atom is -0.439 e. The minimum absolute atomic E-state index is 0.274. The van der Waals surface area contributed by atoms with E-state index < -0.39 is 5.97 Å². The van der Waals surface area contributed by atoms with Gasteiger partial charge in [-0.1, -0.05) is 17.3 Å². The topological polar surface area (TPSA) is 74.1 Å². The van der Waals surface area contributed by atoms with Crippen LogP contribution in [0, 0.1) is 0 Å². The molecule has 0 unspecified atom stereocenters. The van der Waals surface area contributed by atoms with Crippen LogP contribution in [0.4, 0.5) is 0 Å². The van der Waals surface area contributed by atoms with E-state index >= 15 is 0 Å². The molecule has 0 radical (unpaired) electrons. The van der Waals surface area contributed by atoms with Gasteiger partial charge in [-0.3, -0.25) is 4.79 Å². The number of thiophene rings is 1. The second kappa shape index (κ2) is 6.31. The monoisotopic (exact) mass is 313 g/mol. The second-order valence-electron chi connectivity index (χ2n) is 4.39. The Balaban J connectivity index is 1.70. The number of aromatic nitrogens is 3. The number of hydrogen-bond acceptors (Lipinski definition) is 6. The lowest BCUT2D eigenvalue weighted by molar-refractivity contribution is -0.141. The van der Waals surface area contributed by atoms with E-state index in [2.05, 4.69) is 10.3 Å². The summed E-state index contributed by atoms with van der Waals surface area (Å²) in [6, 6.07) is 8.75. The Morgan fingerprint density at radius 3 is 3.00 bits per heavy atom. The molecule has 0 atom stereocenters. The van der Waals surface area contributed by atoms with Crippen molar-refractivity contribution in [3.05, 3.63) is 63.1 Å². The Kier molecular flexibility index (Phi) is 4.06. The summed E-state index contributed by atoms with van der Waals surface area (Å²) in [5.74, 6) is -0.548. The summed E-state index contributed by atoms with van der Waals surface area (Å²) >= 11 is 1.54. The van der Waals surface area contributed by atoms with E-state index in [0.29, 0.717) is 10.9 Å². The van der Waals surface area contributed by atoms with Gasteiger partial charge in [0.2, 0.25) is 0 Å². The maximum absolute atomic E-state index is 12.1. The number of fused-ring (bicyclic) bond motifs is 1. The van der Waals surface area contributed by atoms with Crippen molar-refractivity contribution in [2.24, 2.45) is 0 Å². The maximum atomic E-state index is 12.1. The zero-order valence-electron chi connectivity index (χ0n) is 11.4. The molecule has 0 spiro atoms. The number of carbonyl (C=O) groups is 1. The van der Waals surface area contributed by atoms with Gasteiger partial charge in [-0.15, -0.1) is 5.10 Å². The highest BCUT2D eigenvalue weighted by atomic mass is 32.1. The van der Waals surface area contributed by atoms with Crippen LogP contribution < -0.4 is 5.56 Å². The van der Waals surface area contributed by atoms with Gasteiger partial charge < -0.3 is 4.74 Å². The Bertz CT molecular complexity index is 884. The first kappa shape index (κ1) is 14.2. The molecule has 110 valence electrons. The van der Waals surface area contributed by atoms with Crippen molar-refractivity contribution in [1.29, 1.82) is 0 Å². The summed E-state index contributed by atoms with van der Waals surface area (Å²) in [4.78, 5) is 23.8. The fourth-order valence-electron chi connectivity index (χ4n) is 1.81. The first-order valence-corrected chi connectivity index (χ1v) is 7.38. The molecule has 0 amide bonds. The molecule has 7 heteroatoms. The Labute approximate surface area is 129 Å². The van der Waals surface area contributed by atoms with Crippen LogP contribution in [0.15, 0.2) is 52.0 Å². The standard InChI is InChI=1S/C15H11N3O3S/c19-14(6-5-11-7-8-22-9-11)21-10-18-15(20)12-3-1-2-4-13(12)16-17-18/h1-9H,10H2/b6-5+. The van der Waals surface area contributed by atoms with Crippen molar-refractivity contribution in [1.82, 2.24) is 15.0 Å². The molecule has 6 nitrogen and oxygen atoms in total. The zero-order valence-corrected chi connectivity index (χ0v) is 12.2. The number of esters is 1. The molecule has 0 aliphatic carbocycles. The van der Waals surface area contributed by atoms with E-state index in [1.807, 2.05) is 16.8 Å². The van der Waals surface area contributed by atoms with Crippen LogP contribution in [0.3, 0.4) is 0 Å². The van der Waals surface area contributed by atoms with Crippen LogP contribution >= 0.6 is 11.3 Å². The number of carbonyl (C=O) groups excluding carboxylic acids is 1. The number of rotatable bonds is 4. The van der Waals surface area contributed by atoms with Crippen LogP contribution in [-0.4, -0.2) is 21.0 Å². The highest BCUT2D eigenvalue weighted by Gasteiger charge is 2.06. The van der Waals surface area contributed by atoms with E-state index in [9.17, 15) is 9.59 Å². The number of ether oxygens (including phenoxy) is 1. The summed E-state index contributed by atoms with van der Waals surface area (Å²) in [6.45, 7) is -0.274. The number of benzene rings is 1. The van der Waals surface area contributed by atoms with Crippen LogP contribution in [0.2, 0.25) is 0 Å². The van der Waals surface area contributed by atoms with Crippen molar-refractivity contribution >= 4 is 34.3 Å².